The molecule has 0 aromatic heterocycles. The van der Waals surface area contributed by atoms with Gasteiger partial charge in [0, 0.05) is 29.5 Å². The summed E-state index contributed by atoms with van der Waals surface area (Å²) in [5.74, 6) is 1.38. The molecule has 0 unspecified atom stereocenters. The van der Waals surface area contributed by atoms with Crippen molar-refractivity contribution in [3.63, 3.8) is 0 Å². The second kappa shape index (κ2) is 13.3. The van der Waals surface area contributed by atoms with E-state index < -0.39 is 23.8 Å². The van der Waals surface area contributed by atoms with Crippen molar-refractivity contribution < 1.29 is 17.6 Å². The molecule has 1 aromatic rings. The third-order valence-corrected chi connectivity index (χ3v) is 19.6. The lowest BCUT2D eigenvalue weighted by Gasteiger charge is -2.46. The van der Waals surface area contributed by atoms with Crippen molar-refractivity contribution >= 4 is 18.3 Å². The lowest BCUT2D eigenvalue weighted by Crippen LogP contribution is -2.54. The maximum absolute atomic E-state index is 14.9. The summed E-state index contributed by atoms with van der Waals surface area (Å²) in [6.45, 7) is 18.2. The van der Waals surface area contributed by atoms with Crippen LogP contribution in [0.25, 0.3) is 0 Å². The second-order valence-electron chi connectivity index (χ2n) is 17.2. The maximum Gasteiger partial charge on any atom is 0.261 e. The van der Waals surface area contributed by atoms with Gasteiger partial charge in [0.25, 0.3) is 14.3 Å². The lowest BCUT2D eigenvalue weighted by molar-refractivity contribution is -0.0477. The molecular weight excluding hydrogens is 595 g/mol. The number of sulfonamides is 1. The van der Waals surface area contributed by atoms with Crippen LogP contribution >= 0.6 is 0 Å². The maximum atomic E-state index is 14.9. The van der Waals surface area contributed by atoms with Crippen molar-refractivity contribution in [3.8, 4) is 0 Å². The fourth-order valence-electron chi connectivity index (χ4n) is 9.03. The zero-order valence-electron chi connectivity index (χ0n) is 29.7. The predicted molar refractivity (Wildman–Crippen MR) is 189 cm³/mol. The molecule has 0 radical (unpaired) electrons. The Morgan fingerprint density at radius 1 is 0.956 bits per heavy atom. The number of benzene rings is 1. The molecule has 4 fully saturated rings. The minimum atomic E-state index is -3.51. The van der Waals surface area contributed by atoms with Crippen molar-refractivity contribution in [1.82, 2.24) is 4.31 Å². The molecule has 4 aliphatic rings. The number of fused-ring (bicyclic) bond motifs is 2. The number of hydrogen-bond acceptors (Lipinski definition) is 4. The molecule has 45 heavy (non-hydrogen) atoms. The van der Waals surface area contributed by atoms with Crippen LogP contribution in [0.15, 0.2) is 42.4 Å². The Morgan fingerprint density at radius 3 is 2.02 bits per heavy atom. The quantitative estimate of drug-likeness (QED) is 0.176. The van der Waals surface area contributed by atoms with Crippen molar-refractivity contribution in [2.24, 2.45) is 16.7 Å². The summed E-state index contributed by atoms with van der Waals surface area (Å²) >= 11 is 0. The van der Waals surface area contributed by atoms with Gasteiger partial charge in [0.2, 0.25) is 10.0 Å². The van der Waals surface area contributed by atoms with Gasteiger partial charge in [0.1, 0.15) is 6.10 Å². The predicted octanol–water partition coefficient (Wildman–Crippen LogP) is 10.2. The van der Waals surface area contributed by atoms with Crippen LogP contribution in [0.5, 0.6) is 0 Å². The van der Waals surface area contributed by atoms with Crippen LogP contribution in [-0.2, 0) is 19.2 Å². The number of hydrogen-bond donors (Lipinski definition) is 0. The average molecular weight is 658 g/mol. The van der Waals surface area contributed by atoms with Crippen LogP contribution in [-0.4, -0.2) is 45.0 Å². The molecule has 1 aromatic carbocycles. The van der Waals surface area contributed by atoms with Gasteiger partial charge in [-0.2, -0.15) is 4.31 Å². The normalized spacial score (nSPS) is 29.2. The fraction of sp³-hybridized carbons (Fsp3) is 0.789. The SMILES string of the molecule is C[C@H](/C=C(\O[C@@H]1C[C@H]2CC[C@]1(CS(=O)(=O)N(C1CCCCC1)C1CCCCC1)C2(C)C)O[Si](C)(C)C(C)(C)C)c1ccccc1. The molecule has 4 atom stereocenters. The summed E-state index contributed by atoms with van der Waals surface area (Å²) in [7, 11) is -5.73. The number of rotatable bonds is 11. The van der Waals surface area contributed by atoms with Crippen LogP contribution in [0.3, 0.4) is 0 Å². The molecule has 0 amide bonds. The Labute approximate surface area is 277 Å². The van der Waals surface area contributed by atoms with E-state index >= 15 is 0 Å². The molecule has 0 aliphatic heterocycles. The summed E-state index contributed by atoms with van der Waals surface area (Å²) in [6.07, 6.45) is 16.0. The Balaban J connectivity index is 1.49. The topological polar surface area (TPSA) is 55.8 Å². The van der Waals surface area contributed by atoms with Gasteiger partial charge < -0.3 is 9.16 Å². The minimum absolute atomic E-state index is 0.0148. The van der Waals surface area contributed by atoms with Crippen LogP contribution in [0, 0.1) is 16.7 Å². The summed E-state index contributed by atoms with van der Waals surface area (Å²) in [4.78, 5) is 0. The highest BCUT2D eigenvalue weighted by molar-refractivity contribution is 7.89. The van der Waals surface area contributed by atoms with Gasteiger partial charge in [-0.3, -0.25) is 0 Å². The van der Waals surface area contributed by atoms with Gasteiger partial charge in [-0.1, -0.05) is 110 Å². The van der Waals surface area contributed by atoms with E-state index in [-0.39, 0.29) is 40.3 Å². The standard InChI is InChI=1S/C38H63NO4SSi/c1-29(30-18-12-9-13-19-30)26-35(43-45(7,8)36(2,3)4)42-34-27-31-24-25-38(34,37(31,5)6)28-44(40,41)39(32-20-14-10-15-21-32)33-22-16-11-17-23-33/h9,12-13,18-19,26,29,31-34H,10-11,14-17,20-25,27-28H2,1-8H3/b35-26+/t29-,31-,34-,38-/m1/s1. The molecule has 5 nitrogen and oxygen atoms in total. The molecule has 5 rings (SSSR count). The van der Waals surface area contributed by atoms with E-state index in [2.05, 4.69) is 95.3 Å². The average Bonchev–Trinajstić information content (AvgIpc) is 3.33. The van der Waals surface area contributed by atoms with E-state index in [9.17, 15) is 8.42 Å². The van der Waals surface area contributed by atoms with Crippen molar-refractivity contribution in [1.29, 1.82) is 0 Å². The van der Waals surface area contributed by atoms with Crippen LogP contribution in [0.4, 0.5) is 0 Å². The summed E-state index contributed by atoms with van der Waals surface area (Å²) < 4.78 is 46.0. The highest BCUT2D eigenvalue weighted by Gasteiger charge is 2.67. The van der Waals surface area contributed by atoms with Gasteiger partial charge in [-0.15, -0.1) is 0 Å². The van der Waals surface area contributed by atoms with E-state index in [1.165, 1.54) is 18.4 Å². The van der Waals surface area contributed by atoms with Gasteiger partial charge >= 0.3 is 0 Å². The first-order chi connectivity index (χ1) is 21.1. The molecule has 4 aliphatic carbocycles. The van der Waals surface area contributed by atoms with Crippen LogP contribution < -0.4 is 0 Å². The Kier molecular flexibility index (Phi) is 10.3. The van der Waals surface area contributed by atoms with E-state index in [4.69, 9.17) is 9.16 Å². The smallest absolute Gasteiger partial charge is 0.261 e. The van der Waals surface area contributed by atoms with E-state index in [1.807, 2.05) is 0 Å². The summed E-state index contributed by atoms with van der Waals surface area (Å²) in [5, 5.41) is 0.0148. The Morgan fingerprint density at radius 2 is 1.51 bits per heavy atom. The second-order valence-corrected chi connectivity index (χ2v) is 23.8. The fourth-order valence-corrected chi connectivity index (χ4v) is 12.8. The Bertz CT molecular complexity index is 1260. The van der Waals surface area contributed by atoms with Gasteiger partial charge in [-0.05, 0) is 80.0 Å². The van der Waals surface area contributed by atoms with Gasteiger partial charge in [0.15, 0.2) is 0 Å². The highest BCUT2D eigenvalue weighted by Crippen LogP contribution is 2.67. The van der Waals surface area contributed by atoms with E-state index in [0.717, 1.165) is 70.6 Å². The van der Waals surface area contributed by atoms with Crippen LogP contribution in [0.2, 0.25) is 18.1 Å². The number of ether oxygens (including phenoxy) is 1. The Hall–Kier alpha value is -1.31. The molecule has 2 bridgehead atoms. The highest BCUT2D eigenvalue weighted by atomic mass is 32.2. The van der Waals surface area contributed by atoms with Crippen molar-refractivity contribution in [2.75, 3.05) is 5.75 Å². The van der Waals surface area contributed by atoms with E-state index in [1.54, 1.807) is 0 Å². The lowest BCUT2D eigenvalue weighted by atomic mass is 9.69. The van der Waals surface area contributed by atoms with Crippen LogP contribution in [0.1, 0.15) is 136 Å². The van der Waals surface area contributed by atoms with Crippen molar-refractivity contribution in [3.05, 3.63) is 47.9 Å². The zero-order valence-corrected chi connectivity index (χ0v) is 31.6. The first-order valence-electron chi connectivity index (χ1n) is 18.2. The molecule has 4 saturated carbocycles. The largest absolute Gasteiger partial charge is 0.519 e. The summed E-state index contributed by atoms with van der Waals surface area (Å²) in [6, 6.07) is 10.8. The third kappa shape index (κ3) is 7.11. The zero-order chi connectivity index (χ0) is 32.7. The molecule has 0 saturated heterocycles. The first-order valence-corrected chi connectivity index (χ1v) is 22.7. The molecule has 0 heterocycles. The van der Waals surface area contributed by atoms with Gasteiger partial charge in [-0.25, -0.2) is 8.42 Å². The summed E-state index contributed by atoms with van der Waals surface area (Å²) in [5.41, 5.74) is 0.658. The molecule has 0 spiro atoms. The molecule has 7 heteroatoms. The molecule has 0 N–H and O–H groups in total. The van der Waals surface area contributed by atoms with Crippen molar-refractivity contribution in [2.45, 2.75) is 167 Å². The third-order valence-electron chi connectivity index (χ3n) is 13.1. The monoisotopic (exact) mass is 657 g/mol. The number of nitrogens with zero attached hydrogens (tertiary/aromatic N) is 1. The van der Waals surface area contributed by atoms with Gasteiger partial charge in [0.05, 0.1) is 5.75 Å². The first kappa shape index (κ1) is 35.0. The molecule has 254 valence electrons. The van der Waals surface area contributed by atoms with E-state index in [0.29, 0.717) is 11.9 Å². The molecular formula is C38H63NO4SSi. The minimum Gasteiger partial charge on any atom is -0.519 e. The number of allylic oxidation sites excluding steroid dienone is 1.